The summed E-state index contributed by atoms with van der Waals surface area (Å²) in [6, 6.07) is 47.4. The zero-order valence-electron chi connectivity index (χ0n) is 34.6. The predicted molar refractivity (Wildman–Crippen MR) is 241 cm³/mol. The Bertz CT molecular complexity index is 2530. The molecule has 1 saturated heterocycles. The monoisotopic (exact) mass is 866 g/mol. The van der Waals surface area contributed by atoms with Crippen molar-refractivity contribution in [3.63, 3.8) is 0 Å². The van der Waals surface area contributed by atoms with E-state index in [1.165, 1.54) is 0 Å². The average molecular weight is 867 g/mol. The lowest BCUT2D eigenvalue weighted by molar-refractivity contribution is -0.00184. The van der Waals surface area contributed by atoms with Crippen molar-refractivity contribution in [1.82, 2.24) is 10.2 Å². The van der Waals surface area contributed by atoms with Gasteiger partial charge in [-0.05, 0) is 89.0 Å². The molecule has 1 heterocycles. The number of rotatable bonds is 19. The lowest BCUT2D eigenvalue weighted by atomic mass is 9.78. The van der Waals surface area contributed by atoms with E-state index in [-0.39, 0.29) is 18.5 Å². The quantitative estimate of drug-likeness (QED) is 0.0511. The van der Waals surface area contributed by atoms with Crippen LogP contribution >= 0.6 is 7.60 Å². The van der Waals surface area contributed by atoms with Crippen molar-refractivity contribution >= 4 is 25.4 Å². The topological polar surface area (TPSA) is 195 Å². The number of primary amides is 2. The van der Waals surface area contributed by atoms with Gasteiger partial charge in [0.2, 0.25) is 11.8 Å². The van der Waals surface area contributed by atoms with Gasteiger partial charge in [-0.15, -0.1) is 0 Å². The number of hydrogen-bond acceptors (Lipinski definition) is 7. The molecule has 1 fully saturated rings. The van der Waals surface area contributed by atoms with E-state index < -0.39 is 62.0 Å². The van der Waals surface area contributed by atoms with Crippen molar-refractivity contribution in [3.05, 3.63) is 208 Å². The van der Waals surface area contributed by atoms with Crippen LogP contribution in [0.25, 0.3) is 0 Å². The van der Waals surface area contributed by atoms with Crippen molar-refractivity contribution in [2.24, 2.45) is 11.5 Å². The Kier molecular flexibility index (Phi) is 14.5. The molecule has 7 rings (SSSR count). The molecule has 1 aliphatic rings. The molecule has 0 aliphatic carbocycles. The van der Waals surface area contributed by atoms with Crippen molar-refractivity contribution in [3.8, 4) is 5.75 Å². The lowest BCUT2D eigenvalue weighted by Crippen LogP contribution is -2.66. The largest absolute Gasteiger partial charge is 0.481 e. The number of hydrogen-bond donors (Lipinski definition) is 5. The lowest BCUT2D eigenvalue weighted by Gasteiger charge is -2.47. The van der Waals surface area contributed by atoms with Gasteiger partial charge in [0.25, 0.3) is 0 Å². The summed E-state index contributed by atoms with van der Waals surface area (Å²) in [5, 5.41) is 15.5. The molecular formula is C50H51N4O8P. The zero-order chi connectivity index (χ0) is 44.3. The number of aliphatic hydroxyl groups excluding tert-OH is 1. The minimum Gasteiger partial charge on any atom is -0.481 e. The van der Waals surface area contributed by atoms with Crippen molar-refractivity contribution in [2.75, 3.05) is 6.35 Å². The van der Waals surface area contributed by atoms with Crippen LogP contribution in [0, 0.1) is 0 Å². The fraction of sp³-hybridized carbons (Fsp3) is 0.220. The molecule has 7 N–H and O–H groups in total. The van der Waals surface area contributed by atoms with E-state index >= 15 is 0 Å². The molecule has 1 aliphatic heterocycles. The normalized spacial score (nSPS) is 18.1. The third-order valence-electron chi connectivity index (χ3n) is 11.4. The third kappa shape index (κ3) is 11.9. The molecule has 12 nitrogen and oxygen atoms in total. The number of nitrogens with two attached hydrogens (primary N) is 2. The van der Waals surface area contributed by atoms with Crippen molar-refractivity contribution in [1.29, 1.82) is 0 Å². The first-order valence-corrected chi connectivity index (χ1v) is 22.6. The van der Waals surface area contributed by atoms with E-state index in [4.69, 9.17) is 20.7 Å². The molecule has 0 radical (unpaired) electrons. The molecule has 6 atom stereocenters. The maximum absolute atomic E-state index is 14.3. The first-order chi connectivity index (χ1) is 30.4. The summed E-state index contributed by atoms with van der Waals surface area (Å²) in [6.45, 7) is 0.0408. The van der Waals surface area contributed by atoms with E-state index in [9.17, 15) is 28.9 Å². The summed E-state index contributed by atoms with van der Waals surface area (Å²) in [7, 11) is -4.30. The smallest absolute Gasteiger partial charge is 0.365 e. The SMILES string of the molecule is NC(=O)c1cccc(CC(c2ccc(OCP(=O)(O)OC(Cc3ccccc3)c3ccccc3)cc2)C2C(O)C(CCc3ccccc3)NC(=O)N2Cc2cccc(C(N)=O)c2)c1. The molecule has 6 aromatic carbocycles. The van der Waals surface area contributed by atoms with E-state index in [0.29, 0.717) is 36.1 Å². The number of nitrogens with one attached hydrogen (secondary N) is 1. The van der Waals surface area contributed by atoms with Crippen LogP contribution in [0.1, 0.15) is 72.5 Å². The molecule has 0 bridgehead atoms. The fourth-order valence-corrected chi connectivity index (χ4v) is 9.16. The molecule has 324 valence electrons. The predicted octanol–water partition coefficient (Wildman–Crippen LogP) is 7.69. The number of carbonyl (C=O) groups excluding carboxylic acids is 3. The van der Waals surface area contributed by atoms with Crippen molar-refractivity contribution < 1.29 is 38.2 Å². The van der Waals surface area contributed by atoms with Gasteiger partial charge in [-0.2, -0.15) is 0 Å². The Morgan fingerprint density at radius 1 is 0.683 bits per heavy atom. The number of carbonyl (C=O) groups is 3. The van der Waals surface area contributed by atoms with Gasteiger partial charge < -0.3 is 36.4 Å². The summed E-state index contributed by atoms with van der Waals surface area (Å²) < 4.78 is 25.4. The minimum atomic E-state index is -4.30. The standard InChI is InChI=1S/C50H51N4O8P/c51-48(56)40-20-10-16-36(28-40)30-43(38-23-25-42(26-24-38)61-33-63(59,60)62-45(39-18-8-3-9-19-39)31-35-14-6-2-7-15-35)46-47(55)44(27-22-34-12-4-1-5-13-34)53-50(58)54(46)32-37-17-11-21-41(29-37)49(52)57/h1-21,23-26,28-29,43-47,55H,22,27,30-33H2,(H2,51,56)(H2,52,57)(H,53,58)(H,59,60). The van der Waals surface area contributed by atoms with Crippen LogP contribution in [0.4, 0.5) is 4.79 Å². The highest BCUT2D eigenvalue weighted by Gasteiger charge is 2.45. The van der Waals surface area contributed by atoms with Gasteiger partial charge in [0.05, 0.1) is 24.3 Å². The number of nitrogens with zero attached hydrogens (tertiary/aromatic N) is 1. The first-order valence-electron chi connectivity index (χ1n) is 20.8. The number of urea groups is 1. The molecule has 0 saturated carbocycles. The highest BCUT2D eigenvalue weighted by atomic mass is 31.2. The number of amides is 4. The van der Waals surface area contributed by atoms with Crippen LogP contribution in [-0.4, -0.2) is 57.3 Å². The number of aryl methyl sites for hydroxylation is 1. The second-order valence-electron chi connectivity index (χ2n) is 15.8. The molecule has 63 heavy (non-hydrogen) atoms. The number of benzene rings is 6. The van der Waals surface area contributed by atoms with E-state index in [0.717, 1.165) is 27.8 Å². The molecule has 13 heteroatoms. The van der Waals surface area contributed by atoms with Gasteiger partial charge in [0, 0.05) is 30.0 Å². The van der Waals surface area contributed by atoms with Gasteiger partial charge in [0.15, 0.2) is 6.35 Å². The summed E-state index contributed by atoms with van der Waals surface area (Å²) in [5.41, 5.74) is 16.7. The second kappa shape index (κ2) is 20.5. The summed E-state index contributed by atoms with van der Waals surface area (Å²) in [4.78, 5) is 51.4. The number of aliphatic hydroxyl groups is 1. The Morgan fingerprint density at radius 2 is 1.24 bits per heavy atom. The van der Waals surface area contributed by atoms with Crippen LogP contribution in [-0.2, 0) is 34.9 Å². The summed E-state index contributed by atoms with van der Waals surface area (Å²) in [5.74, 6) is -1.48. The van der Waals surface area contributed by atoms with Gasteiger partial charge in [0.1, 0.15) is 5.75 Å². The van der Waals surface area contributed by atoms with Crippen LogP contribution < -0.4 is 21.5 Å². The van der Waals surface area contributed by atoms with Crippen LogP contribution in [0.5, 0.6) is 5.75 Å². The Labute approximate surface area is 367 Å². The maximum Gasteiger partial charge on any atom is 0.365 e. The molecule has 0 aromatic heterocycles. The second-order valence-corrected chi connectivity index (χ2v) is 17.5. The van der Waals surface area contributed by atoms with Crippen LogP contribution in [0.2, 0.25) is 0 Å². The van der Waals surface area contributed by atoms with E-state index in [1.54, 1.807) is 71.6 Å². The summed E-state index contributed by atoms with van der Waals surface area (Å²) in [6.07, 6.45) is -0.699. The van der Waals surface area contributed by atoms with E-state index in [2.05, 4.69) is 5.32 Å². The summed E-state index contributed by atoms with van der Waals surface area (Å²) >= 11 is 0. The van der Waals surface area contributed by atoms with Gasteiger partial charge in [-0.3, -0.25) is 18.7 Å². The Hall–Kier alpha value is -6.56. The molecule has 6 unspecified atom stereocenters. The minimum absolute atomic E-state index is 0.0408. The van der Waals surface area contributed by atoms with Crippen LogP contribution in [0.3, 0.4) is 0 Å². The Morgan fingerprint density at radius 3 is 1.86 bits per heavy atom. The molecular weight excluding hydrogens is 816 g/mol. The highest BCUT2D eigenvalue weighted by molar-refractivity contribution is 7.52. The van der Waals surface area contributed by atoms with Gasteiger partial charge in [-0.25, -0.2) is 4.79 Å². The average Bonchev–Trinajstić information content (AvgIpc) is 3.29. The molecule has 0 spiro atoms. The third-order valence-corrected chi connectivity index (χ3v) is 12.4. The molecule has 4 amide bonds. The highest BCUT2D eigenvalue weighted by Crippen LogP contribution is 2.48. The van der Waals surface area contributed by atoms with Crippen LogP contribution in [0.15, 0.2) is 164 Å². The van der Waals surface area contributed by atoms with Gasteiger partial charge in [-0.1, -0.05) is 127 Å². The van der Waals surface area contributed by atoms with E-state index in [1.807, 2.05) is 97.1 Å². The van der Waals surface area contributed by atoms with Gasteiger partial charge >= 0.3 is 13.6 Å². The maximum atomic E-state index is 14.3. The first kappa shape index (κ1) is 44.5. The van der Waals surface area contributed by atoms with Crippen molar-refractivity contribution in [2.45, 2.75) is 62.4 Å². The zero-order valence-corrected chi connectivity index (χ0v) is 35.5. The number of ether oxygens (including phenoxy) is 1. The molecule has 6 aromatic rings. The Balaban J connectivity index is 1.18. The fourth-order valence-electron chi connectivity index (χ4n) is 8.20.